The second kappa shape index (κ2) is 6.20. The summed E-state index contributed by atoms with van der Waals surface area (Å²) in [7, 11) is 0. The van der Waals surface area contributed by atoms with Gasteiger partial charge in [0.25, 0.3) is 0 Å². The Balaban J connectivity index is 1.95. The molecule has 0 amide bonds. The summed E-state index contributed by atoms with van der Waals surface area (Å²) in [6.45, 7) is 10.2. The van der Waals surface area contributed by atoms with Crippen LogP contribution in [0.15, 0.2) is 30.5 Å². The van der Waals surface area contributed by atoms with E-state index in [4.69, 9.17) is 10.5 Å². The molecule has 114 valence electrons. The molecular weight excluding hydrogens is 262 g/mol. The molecule has 0 aliphatic rings. The predicted molar refractivity (Wildman–Crippen MR) is 86.6 cm³/mol. The molecule has 4 nitrogen and oxygen atoms in total. The van der Waals surface area contributed by atoms with E-state index in [2.05, 4.69) is 51.0 Å². The van der Waals surface area contributed by atoms with Crippen LogP contribution in [0.2, 0.25) is 0 Å². The van der Waals surface area contributed by atoms with E-state index in [9.17, 15) is 0 Å². The van der Waals surface area contributed by atoms with Crippen LogP contribution in [0.1, 0.15) is 38.3 Å². The molecule has 0 aliphatic carbocycles. The van der Waals surface area contributed by atoms with Crippen molar-refractivity contribution in [3.8, 4) is 5.75 Å². The minimum absolute atomic E-state index is 0.0828. The Morgan fingerprint density at radius 2 is 2.00 bits per heavy atom. The van der Waals surface area contributed by atoms with Crippen molar-refractivity contribution < 1.29 is 4.74 Å². The van der Waals surface area contributed by atoms with Crippen LogP contribution in [0, 0.1) is 6.92 Å². The number of hydrogen-bond donors (Lipinski definition) is 1. The Bertz CT molecular complexity index is 596. The first-order valence-corrected chi connectivity index (χ1v) is 7.39. The van der Waals surface area contributed by atoms with Crippen molar-refractivity contribution in [2.24, 2.45) is 0 Å². The molecule has 21 heavy (non-hydrogen) atoms. The molecule has 0 fully saturated rings. The van der Waals surface area contributed by atoms with E-state index in [1.54, 1.807) is 6.07 Å². The SMILES string of the molecule is Cc1ccc(C(C)(C)C)c(OCCCn2ccc(N)n2)c1. The van der Waals surface area contributed by atoms with Gasteiger partial charge in [0, 0.05) is 19.2 Å². The van der Waals surface area contributed by atoms with Crippen molar-refractivity contribution in [3.63, 3.8) is 0 Å². The number of aryl methyl sites for hydroxylation is 2. The molecule has 2 rings (SSSR count). The molecule has 1 heterocycles. The summed E-state index contributed by atoms with van der Waals surface area (Å²) in [5, 5.41) is 4.17. The molecular formula is C17H25N3O. The summed E-state index contributed by atoms with van der Waals surface area (Å²) in [5.74, 6) is 1.55. The molecule has 0 atom stereocenters. The van der Waals surface area contributed by atoms with Gasteiger partial charge in [0.15, 0.2) is 0 Å². The quantitative estimate of drug-likeness (QED) is 0.856. The Morgan fingerprint density at radius 3 is 2.62 bits per heavy atom. The topological polar surface area (TPSA) is 53.1 Å². The van der Waals surface area contributed by atoms with Crippen molar-refractivity contribution in [1.82, 2.24) is 9.78 Å². The third kappa shape index (κ3) is 4.25. The minimum Gasteiger partial charge on any atom is -0.493 e. The highest BCUT2D eigenvalue weighted by Gasteiger charge is 2.18. The van der Waals surface area contributed by atoms with Gasteiger partial charge in [-0.25, -0.2) is 0 Å². The van der Waals surface area contributed by atoms with Crippen molar-refractivity contribution in [2.45, 2.75) is 46.1 Å². The van der Waals surface area contributed by atoms with E-state index in [1.807, 2.05) is 10.9 Å². The van der Waals surface area contributed by atoms with Crippen LogP contribution >= 0.6 is 0 Å². The van der Waals surface area contributed by atoms with Crippen LogP contribution in [0.3, 0.4) is 0 Å². The Hall–Kier alpha value is -1.97. The summed E-state index contributed by atoms with van der Waals surface area (Å²) in [6.07, 6.45) is 2.79. The monoisotopic (exact) mass is 287 g/mol. The number of ether oxygens (including phenoxy) is 1. The Kier molecular flexibility index (Phi) is 4.56. The standard InChI is InChI=1S/C17H25N3O/c1-13-6-7-14(17(2,3)4)15(12-13)21-11-5-9-20-10-8-16(18)19-20/h6-8,10,12H,5,9,11H2,1-4H3,(H2,18,19). The number of anilines is 1. The van der Waals surface area contributed by atoms with Crippen LogP contribution < -0.4 is 10.5 Å². The summed E-state index contributed by atoms with van der Waals surface area (Å²) in [5.41, 5.74) is 8.14. The second-order valence-electron chi connectivity index (χ2n) is 6.46. The first-order valence-electron chi connectivity index (χ1n) is 7.39. The molecule has 1 aromatic carbocycles. The van der Waals surface area contributed by atoms with E-state index in [-0.39, 0.29) is 5.41 Å². The Labute approximate surface area is 126 Å². The van der Waals surface area contributed by atoms with Gasteiger partial charge in [0.2, 0.25) is 0 Å². The number of nitrogens with zero attached hydrogens (tertiary/aromatic N) is 2. The number of nitrogens with two attached hydrogens (primary N) is 1. The molecule has 0 aliphatic heterocycles. The van der Waals surface area contributed by atoms with E-state index in [1.165, 1.54) is 11.1 Å². The van der Waals surface area contributed by atoms with Gasteiger partial charge in [-0.3, -0.25) is 4.68 Å². The normalized spacial score (nSPS) is 11.6. The molecule has 2 N–H and O–H groups in total. The fourth-order valence-electron chi connectivity index (χ4n) is 2.28. The minimum atomic E-state index is 0.0828. The average molecular weight is 287 g/mol. The molecule has 0 bridgehead atoms. The number of rotatable bonds is 5. The van der Waals surface area contributed by atoms with Gasteiger partial charge in [-0.15, -0.1) is 0 Å². The third-order valence-corrected chi connectivity index (χ3v) is 3.40. The molecule has 0 saturated heterocycles. The van der Waals surface area contributed by atoms with Crippen molar-refractivity contribution in [2.75, 3.05) is 12.3 Å². The number of hydrogen-bond acceptors (Lipinski definition) is 3. The summed E-state index contributed by atoms with van der Waals surface area (Å²) in [4.78, 5) is 0. The van der Waals surface area contributed by atoms with E-state index in [0.29, 0.717) is 12.4 Å². The molecule has 4 heteroatoms. The van der Waals surface area contributed by atoms with Crippen molar-refractivity contribution in [3.05, 3.63) is 41.6 Å². The molecule has 1 aromatic heterocycles. The van der Waals surface area contributed by atoms with Crippen LogP contribution in [0.4, 0.5) is 5.82 Å². The first kappa shape index (κ1) is 15.4. The van der Waals surface area contributed by atoms with Gasteiger partial charge >= 0.3 is 0 Å². The van der Waals surface area contributed by atoms with Crippen LogP contribution in [-0.4, -0.2) is 16.4 Å². The lowest BCUT2D eigenvalue weighted by Gasteiger charge is -2.23. The van der Waals surface area contributed by atoms with E-state index < -0.39 is 0 Å². The van der Waals surface area contributed by atoms with Gasteiger partial charge in [-0.05, 0) is 35.6 Å². The zero-order valence-electron chi connectivity index (χ0n) is 13.4. The maximum Gasteiger partial charge on any atom is 0.145 e. The van der Waals surface area contributed by atoms with Gasteiger partial charge in [0.05, 0.1) is 6.61 Å². The Morgan fingerprint density at radius 1 is 1.24 bits per heavy atom. The molecule has 0 saturated carbocycles. The summed E-state index contributed by atoms with van der Waals surface area (Å²) in [6, 6.07) is 8.23. The lowest BCUT2D eigenvalue weighted by molar-refractivity contribution is 0.291. The third-order valence-electron chi connectivity index (χ3n) is 3.40. The fraction of sp³-hybridized carbons (Fsp3) is 0.471. The highest BCUT2D eigenvalue weighted by atomic mass is 16.5. The largest absolute Gasteiger partial charge is 0.493 e. The molecule has 0 unspecified atom stereocenters. The fourth-order valence-corrected chi connectivity index (χ4v) is 2.28. The smallest absolute Gasteiger partial charge is 0.145 e. The number of nitrogen functional groups attached to an aromatic ring is 1. The maximum atomic E-state index is 6.00. The molecule has 2 aromatic rings. The predicted octanol–water partition coefficient (Wildman–Crippen LogP) is 3.54. The van der Waals surface area contributed by atoms with E-state index >= 15 is 0 Å². The second-order valence-corrected chi connectivity index (χ2v) is 6.46. The van der Waals surface area contributed by atoms with Gasteiger partial charge < -0.3 is 10.5 Å². The highest BCUT2D eigenvalue weighted by molar-refractivity contribution is 5.41. The molecule has 0 spiro atoms. The van der Waals surface area contributed by atoms with Crippen molar-refractivity contribution in [1.29, 1.82) is 0 Å². The number of benzene rings is 1. The van der Waals surface area contributed by atoms with Gasteiger partial charge in [0.1, 0.15) is 11.6 Å². The number of aromatic nitrogens is 2. The molecule has 0 radical (unpaired) electrons. The van der Waals surface area contributed by atoms with Crippen LogP contribution in [0.25, 0.3) is 0 Å². The van der Waals surface area contributed by atoms with Crippen LogP contribution in [0.5, 0.6) is 5.75 Å². The van der Waals surface area contributed by atoms with Gasteiger partial charge in [-0.2, -0.15) is 5.10 Å². The lowest BCUT2D eigenvalue weighted by atomic mass is 9.86. The maximum absolute atomic E-state index is 6.00. The first-order chi connectivity index (χ1) is 9.86. The summed E-state index contributed by atoms with van der Waals surface area (Å²) >= 11 is 0. The van der Waals surface area contributed by atoms with E-state index in [0.717, 1.165) is 18.7 Å². The lowest BCUT2D eigenvalue weighted by Crippen LogP contribution is -2.14. The zero-order valence-corrected chi connectivity index (χ0v) is 13.4. The average Bonchev–Trinajstić information content (AvgIpc) is 2.79. The van der Waals surface area contributed by atoms with Crippen LogP contribution in [-0.2, 0) is 12.0 Å². The zero-order chi connectivity index (χ0) is 15.5. The summed E-state index contributed by atoms with van der Waals surface area (Å²) < 4.78 is 7.85. The van der Waals surface area contributed by atoms with Crippen molar-refractivity contribution >= 4 is 5.82 Å². The highest BCUT2D eigenvalue weighted by Crippen LogP contribution is 2.32. The van der Waals surface area contributed by atoms with Gasteiger partial charge in [-0.1, -0.05) is 32.9 Å².